The Labute approximate surface area is 208 Å². The van der Waals surface area contributed by atoms with Crippen molar-refractivity contribution in [2.24, 2.45) is 5.92 Å². The zero-order valence-corrected chi connectivity index (χ0v) is 21.6. The van der Waals surface area contributed by atoms with Crippen LogP contribution in [0, 0.1) is 17.8 Å². The van der Waals surface area contributed by atoms with E-state index >= 15 is 0 Å². The van der Waals surface area contributed by atoms with E-state index in [9.17, 15) is 14.7 Å². The Morgan fingerprint density at radius 2 is 2.06 bits per heavy atom. The minimum absolute atomic E-state index is 0.0933. The molecule has 1 fully saturated rings. The third kappa shape index (κ3) is 7.09. The lowest BCUT2D eigenvalue weighted by atomic mass is 10.00. The molecule has 1 aliphatic carbocycles. The molecular formula is C26H39N5O4. The number of likely N-dealkylation sites (N-methyl/N-ethyl adjacent to an activating group) is 1. The van der Waals surface area contributed by atoms with E-state index in [1.165, 1.54) is 0 Å². The number of aliphatic hydroxyl groups excluding tert-OH is 1. The van der Waals surface area contributed by atoms with Crippen LogP contribution in [0.15, 0.2) is 12.3 Å². The molecule has 3 amide bonds. The van der Waals surface area contributed by atoms with E-state index in [-0.39, 0.29) is 48.5 Å². The molecule has 35 heavy (non-hydrogen) atoms. The lowest BCUT2D eigenvalue weighted by molar-refractivity contribution is 0.0351. The maximum absolute atomic E-state index is 13.5. The number of aliphatic hydroxyl groups is 1. The number of pyridine rings is 1. The molecule has 0 aromatic carbocycles. The molecule has 0 saturated heterocycles. The highest BCUT2D eigenvalue weighted by molar-refractivity contribution is 5.97. The summed E-state index contributed by atoms with van der Waals surface area (Å²) in [5.74, 6) is 6.00. The van der Waals surface area contributed by atoms with Crippen LogP contribution in [0.3, 0.4) is 0 Å². The standard InChI is InChI=1S/C26H39N5O4/c1-18-15-31(19(2)17-32)25(33)22-13-20(9-8-12-29(3)4)14-27-24(22)35-23(18)16-30(5)26(34)28-21-10-6-7-11-21/h13-14,18-19,21,23,32H,6-7,10-12,15-17H2,1-5H3,(H,28,34)/t18-,19-,23+/m0/s1. The molecule has 1 aliphatic heterocycles. The Morgan fingerprint density at radius 1 is 1.34 bits per heavy atom. The topological polar surface area (TPSA) is 98.2 Å². The fourth-order valence-electron chi connectivity index (χ4n) is 4.40. The quantitative estimate of drug-likeness (QED) is 0.597. The summed E-state index contributed by atoms with van der Waals surface area (Å²) >= 11 is 0. The largest absolute Gasteiger partial charge is 0.472 e. The number of nitrogens with zero attached hydrogens (tertiary/aromatic N) is 4. The molecule has 0 bridgehead atoms. The van der Waals surface area contributed by atoms with Gasteiger partial charge in [-0.15, -0.1) is 0 Å². The average Bonchev–Trinajstić information content (AvgIpc) is 3.33. The third-order valence-corrected chi connectivity index (χ3v) is 6.63. The molecule has 1 aromatic rings. The van der Waals surface area contributed by atoms with Crippen LogP contribution in [0.4, 0.5) is 4.79 Å². The van der Waals surface area contributed by atoms with Crippen LogP contribution >= 0.6 is 0 Å². The van der Waals surface area contributed by atoms with Crippen LogP contribution in [0.1, 0.15) is 55.5 Å². The second-order valence-electron chi connectivity index (χ2n) is 10.1. The summed E-state index contributed by atoms with van der Waals surface area (Å²) in [6, 6.07) is 1.44. The molecular weight excluding hydrogens is 446 g/mol. The highest BCUT2D eigenvalue weighted by Gasteiger charge is 2.35. The first kappa shape index (κ1) is 26.8. The first-order valence-corrected chi connectivity index (χ1v) is 12.4. The Bertz CT molecular complexity index is 951. The highest BCUT2D eigenvalue weighted by Crippen LogP contribution is 2.27. The Kier molecular flexibility index (Phi) is 9.35. The van der Waals surface area contributed by atoms with Gasteiger partial charge in [-0.3, -0.25) is 9.69 Å². The van der Waals surface area contributed by atoms with E-state index in [2.05, 4.69) is 22.1 Å². The van der Waals surface area contributed by atoms with Crippen molar-refractivity contribution in [3.05, 3.63) is 23.4 Å². The second kappa shape index (κ2) is 12.2. The second-order valence-corrected chi connectivity index (χ2v) is 10.1. The fourth-order valence-corrected chi connectivity index (χ4v) is 4.40. The fraction of sp³-hybridized carbons (Fsp3) is 0.654. The molecule has 2 aliphatic rings. The number of ether oxygens (including phenoxy) is 1. The summed E-state index contributed by atoms with van der Waals surface area (Å²) in [7, 11) is 5.63. The summed E-state index contributed by atoms with van der Waals surface area (Å²) in [5.41, 5.74) is 0.939. The van der Waals surface area contributed by atoms with Gasteiger partial charge in [0.1, 0.15) is 11.7 Å². The maximum atomic E-state index is 13.5. The van der Waals surface area contributed by atoms with Crippen LogP contribution in [0.2, 0.25) is 0 Å². The smallest absolute Gasteiger partial charge is 0.317 e. The van der Waals surface area contributed by atoms with E-state index in [0.29, 0.717) is 30.8 Å². The van der Waals surface area contributed by atoms with Gasteiger partial charge >= 0.3 is 6.03 Å². The zero-order valence-electron chi connectivity index (χ0n) is 21.6. The summed E-state index contributed by atoms with van der Waals surface area (Å²) in [6.07, 6.45) is 5.55. The summed E-state index contributed by atoms with van der Waals surface area (Å²) in [5, 5.41) is 12.9. The molecule has 0 radical (unpaired) electrons. The number of carbonyl (C=O) groups excluding carboxylic acids is 2. The van der Waals surface area contributed by atoms with E-state index in [1.807, 2.05) is 32.8 Å². The van der Waals surface area contributed by atoms with Gasteiger partial charge < -0.3 is 25.0 Å². The lowest BCUT2D eigenvalue weighted by Gasteiger charge is -2.37. The number of aromatic nitrogens is 1. The monoisotopic (exact) mass is 485 g/mol. The molecule has 9 nitrogen and oxygen atoms in total. The Hall–Kier alpha value is -2.83. The van der Waals surface area contributed by atoms with Gasteiger partial charge in [0.2, 0.25) is 5.88 Å². The predicted molar refractivity (Wildman–Crippen MR) is 134 cm³/mol. The molecule has 2 N–H and O–H groups in total. The molecule has 1 aromatic heterocycles. The molecule has 9 heteroatoms. The van der Waals surface area contributed by atoms with Gasteiger partial charge in [0.15, 0.2) is 0 Å². The molecule has 0 unspecified atom stereocenters. The van der Waals surface area contributed by atoms with Gasteiger partial charge in [0.05, 0.1) is 25.7 Å². The van der Waals surface area contributed by atoms with Crippen LogP contribution in [-0.2, 0) is 0 Å². The number of nitrogens with one attached hydrogen (secondary N) is 1. The third-order valence-electron chi connectivity index (χ3n) is 6.63. The Balaban J connectivity index is 1.85. The first-order chi connectivity index (χ1) is 16.7. The van der Waals surface area contributed by atoms with E-state index in [4.69, 9.17) is 4.74 Å². The number of urea groups is 1. The molecule has 3 atom stereocenters. The van der Waals surface area contributed by atoms with Gasteiger partial charge in [0.25, 0.3) is 5.91 Å². The average molecular weight is 486 g/mol. The molecule has 1 saturated carbocycles. The summed E-state index contributed by atoms with van der Waals surface area (Å²) < 4.78 is 6.27. The van der Waals surface area contributed by atoms with E-state index < -0.39 is 0 Å². The van der Waals surface area contributed by atoms with Crippen molar-refractivity contribution in [3.8, 4) is 17.7 Å². The van der Waals surface area contributed by atoms with Crippen LogP contribution < -0.4 is 10.1 Å². The number of hydrogen-bond donors (Lipinski definition) is 2. The van der Waals surface area contributed by atoms with Crippen molar-refractivity contribution in [2.45, 2.75) is 57.7 Å². The van der Waals surface area contributed by atoms with E-state index in [1.54, 1.807) is 29.1 Å². The number of rotatable bonds is 6. The van der Waals surface area contributed by atoms with Crippen molar-refractivity contribution >= 4 is 11.9 Å². The van der Waals surface area contributed by atoms with Gasteiger partial charge in [-0.05, 0) is 39.9 Å². The Morgan fingerprint density at radius 3 is 2.71 bits per heavy atom. The van der Waals surface area contributed by atoms with Crippen LogP contribution in [-0.4, -0.2) is 102 Å². The predicted octanol–water partition coefficient (Wildman–Crippen LogP) is 1.80. The number of carbonyl (C=O) groups is 2. The first-order valence-electron chi connectivity index (χ1n) is 12.4. The van der Waals surface area contributed by atoms with Crippen molar-refractivity contribution in [3.63, 3.8) is 0 Å². The number of hydrogen-bond acceptors (Lipinski definition) is 6. The van der Waals surface area contributed by atoms with Crippen LogP contribution in [0.5, 0.6) is 5.88 Å². The van der Waals surface area contributed by atoms with Crippen molar-refractivity contribution in [1.29, 1.82) is 0 Å². The molecule has 0 spiro atoms. The van der Waals surface area contributed by atoms with Crippen molar-refractivity contribution in [1.82, 2.24) is 25.0 Å². The maximum Gasteiger partial charge on any atom is 0.317 e. The van der Waals surface area contributed by atoms with Gasteiger partial charge in [-0.25, -0.2) is 9.78 Å². The minimum Gasteiger partial charge on any atom is -0.472 e. The highest BCUT2D eigenvalue weighted by atomic mass is 16.5. The van der Waals surface area contributed by atoms with Crippen molar-refractivity contribution < 1.29 is 19.4 Å². The normalized spacial score (nSPS) is 21.3. The number of amides is 3. The van der Waals surface area contributed by atoms with Crippen molar-refractivity contribution in [2.75, 3.05) is 47.4 Å². The van der Waals surface area contributed by atoms with Gasteiger partial charge in [0, 0.05) is 37.3 Å². The van der Waals surface area contributed by atoms with Gasteiger partial charge in [-0.1, -0.05) is 31.6 Å². The van der Waals surface area contributed by atoms with E-state index in [0.717, 1.165) is 25.7 Å². The molecule has 2 heterocycles. The number of fused-ring (bicyclic) bond motifs is 1. The zero-order chi connectivity index (χ0) is 25.5. The van der Waals surface area contributed by atoms with Gasteiger partial charge in [-0.2, -0.15) is 0 Å². The minimum atomic E-state index is -0.382. The molecule has 3 rings (SSSR count). The lowest BCUT2D eigenvalue weighted by Crippen LogP contribution is -2.52. The van der Waals surface area contributed by atoms with Crippen LogP contribution in [0.25, 0.3) is 0 Å². The SMILES string of the molecule is C[C@H]1CN([C@@H](C)CO)C(=O)c2cc(C#CCN(C)C)cnc2O[C@@H]1CN(C)C(=O)NC1CCCC1. The summed E-state index contributed by atoms with van der Waals surface area (Å²) in [6.45, 7) is 4.98. The summed E-state index contributed by atoms with van der Waals surface area (Å²) in [4.78, 5) is 35.9. The molecule has 192 valence electrons.